The molecular weight excluding hydrogens is 294 g/mol. The Labute approximate surface area is 137 Å². The normalized spacial score (nSPS) is 15.3. The summed E-state index contributed by atoms with van der Waals surface area (Å²) in [5, 5.41) is 6.35. The maximum absolute atomic E-state index is 12.6. The molecule has 1 aliphatic rings. The first-order valence-electron chi connectivity index (χ1n) is 8.70. The zero-order chi connectivity index (χ0) is 16.5. The molecule has 0 unspecified atom stereocenters. The van der Waals surface area contributed by atoms with Crippen LogP contribution in [-0.4, -0.2) is 34.5 Å². The number of hydrogen-bond acceptors (Lipinski definition) is 4. The lowest BCUT2D eigenvalue weighted by molar-refractivity contribution is -0.137. The van der Waals surface area contributed by atoms with E-state index in [9.17, 15) is 9.59 Å². The first kappa shape index (κ1) is 17.5. The van der Waals surface area contributed by atoms with Gasteiger partial charge in [0, 0.05) is 18.5 Å². The highest BCUT2D eigenvalue weighted by molar-refractivity contribution is 5.93. The minimum atomic E-state index is -0.215. The van der Waals surface area contributed by atoms with Crippen LogP contribution in [0.1, 0.15) is 64.7 Å². The molecule has 6 heteroatoms. The van der Waals surface area contributed by atoms with Crippen LogP contribution in [0.25, 0.3) is 0 Å². The molecule has 0 saturated heterocycles. The first-order chi connectivity index (χ1) is 11.2. The molecule has 1 N–H and O–H groups in total. The van der Waals surface area contributed by atoms with E-state index in [1.165, 1.54) is 12.7 Å². The Morgan fingerprint density at radius 1 is 1.30 bits per heavy atom. The van der Waals surface area contributed by atoms with Crippen molar-refractivity contribution in [3.63, 3.8) is 0 Å². The van der Waals surface area contributed by atoms with Crippen LogP contribution >= 0.6 is 0 Å². The molecule has 2 rings (SSSR count). The summed E-state index contributed by atoms with van der Waals surface area (Å²) >= 11 is 0. The third kappa shape index (κ3) is 5.69. The summed E-state index contributed by atoms with van der Waals surface area (Å²) in [6.45, 7) is 2.22. The summed E-state index contributed by atoms with van der Waals surface area (Å²) in [5.74, 6) is 0.269. The van der Waals surface area contributed by atoms with E-state index in [2.05, 4.69) is 17.4 Å². The van der Waals surface area contributed by atoms with Gasteiger partial charge in [-0.1, -0.05) is 44.2 Å². The third-order valence-corrected chi connectivity index (χ3v) is 4.35. The van der Waals surface area contributed by atoms with Gasteiger partial charge in [-0.15, -0.1) is 0 Å². The number of nitrogens with one attached hydrogen (secondary N) is 1. The van der Waals surface area contributed by atoms with Crippen molar-refractivity contribution < 1.29 is 14.1 Å². The molecule has 0 bridgehead atoms. The van der Waals surface area contributed by atoms with Gasteiger partial charge in [0.05, 0.1) is 0 Å². The number of carbonyl (C=O) groups excluding carboxylic acids is 2. The fraction of sp³-hybridized carbons (Fsp3) is 0.706. The van der Waals surface area contributed by atoms with Crippen molar-refractivity contribution in [1.82, 2.24) is 10.1 Å². The highest BCUT2D eigenvalue weighted by Gasteiger charge is 2.27. The maximum atomic E-state index is 12.6. The van der Waals surface area contributed by atoms with Gasteiger partial charge in [-0.2, -0.15) is 0 Å². The third-order valence-electron chi connectivity index (χ3n) is 4.35. The van der Waals surface area contributed by atoms with Crippen molar-refractivity contribution in [3.8, 4) is 0 Å². The van der Waals surface area contributed by atoms with Crippen molar-refractivity contribution in [2.75, 3.05) is 11.9 Å². The maximum Gasteiger partial charge on any atom is 0.245 e. The van der Waals surface area contributed by atoms with Crippen molar-refractivity contribution in [3.05, 3.63) is 12.3 Å². The molecule has 128 valence electrons. The quantitative estimate of drug-likeness (QED) is 0.745. The summed E-state index contributed by atoms with van der Waals surface area (Å²) in [6, 6.07) is 1.78. The van der Waals surface area contributed by atoms with Gasteiger partial charge in [0.2, 0.25) is 11.8 Å². The Kier molecular flexibility index (Phi) is 7.10. The zero-order valence-electron chi connectivity index (χ0n) is 13.9. The Balaban J connectivity index is 1.94. The average molecular weight is 321 g/mol. The molecular formula is C17H27N3O3. The average Bonchev–Trinajstić information content (AvgIpc) is 3.06. The molecule has 0 aromatic carbocycles. The first-order valence-corrected chi connectivity index (χ1v) is 8.70. The summed E-state index contributed by atoms with van der Waals surface area (Å²) in [4.78, 5) is 26.6. The Morgan fingerprint density at radius 2 is 2.09 bits per heavy atom. The molecule has 0 aliphatic heterocycles. The molecule has 1 aliphatic carbocycles. The molecule has 1 saturated carbocycles. The minimum Gasteiger partial charge on any atom is -0.363 e. The predicted molar refractivity (Wildman–Crippen MR) is 87.9 cm³/mol. The van der Waals surface area contributed by atoms with Gasteiger partial charge in [0.1, 0.15) is 12.8 Å². The van der Waals surface area contributed by atoms with E-state index in [0.717, 1.165) is 44.9 Å². The predicted octanol–water partition coefficient (Wildman–Crippen LogP) is 3.35. The second kappa shape index (κ2) is 9.33. The van der Waals surface area contributed by atoms with Gasteiger partial charge >= 0.3 is 0 Å². The molecule has 6 nitrogen and oxygen atoms in total. The van der Waals surface area contributed by atoms with E-state index in [1.54, 1.807) is 11.0 Å². The van der Waals surface area contributed by atoms with Crippen LogP contribution in [0.3, 0.4) is 0 Å². The Morgan fingerprint density at radius 3 is 2.74 bits per heavy atom. The molecule has 0 spiro atoms. The number of aromatic nitrogens is 1. The van der Waals surface area contributed by atoms with Crippen molar-refractivity contribution in [2.45, 2.75) is 70.8 Å². The highest BCUT2D eigenvalue weighted by Crippen LogP contribution is 2.23. The standard InChI is InChI=1S/C17H27N3O3/c1-2-3-5-10-17(22)20(14-8-6-4-7-9-14)13-16(21)18-15-11-12-23-19-15/h11-12,14H,2-10,13H2,1H3,(H,18,19,21). The fourth-order valence-corrected chi connectivity index (χ4v) is 3.10. The lowest BCUT2D eigenvalue weighted by Gasteiger charge is -2.34. The van der Waals surface area contributed by atoms with Crippen molar-refractivity contribution >= 4 is 17.6 Å². The molecule has 1 aromatic heterocycles. The van der Waals surface area contributed by atoms with Gasteiger partial charge in [-0.25, -0.2) is 0 Å². The topological polar surface area (TPSA) is 75.4 Å². The number of unbranched alkanes of at least 4 members (excludes halogenated alkanes) is 2. The molecule has 1 aromatic rings. The van der Waals surface area contributed by atoms with E-state index >= 15 is 0 Å². The van der Waals surface area contributed by atoms with Crippen molar-refractivity contribution in [2.24, 2.45) is 0 Å². The second-order valence-corrected chi connectivity index (χ2v) is 6.20. The number of carbonyl (C=O) groups is 2. The highest BCUT2D eigenvalue weighted by atomic mass is 16.5. The van der Waals surface area contributed by atoms with Crippen LogP contribution in [0.5, 0.6) is 0 Å². The van der Waals surface area contributed by atoms with E-state index < -0.39 is 0 Å². The van der Waals surface area contributed by atoms with Gasteiger partial charge in [0.15, 0.2) is 5.82 Å². The molecule has 2 amide bonds. The van der Waals surface area contributed by atoms with Crippen LogP contribution in [0.2, 0.25) is 0 Å². The van der Waals surface area contributed by atoms with E-state index in [0.29, 0.717) is 12.2 Å². The monoisotopic (exact) mass is 321 g/mol. The Hall–Kier alpha value is -1.85. The van der Waals surface area contributed by atoms with Gasteiger partial charge in [-0.3, -0.25) is 9.59 Å². The lowest BCUT2D eigenvalue weighted by Crippen LogP contribution is -2.45. The lowest BCUT2D eigenvalue weighted by atomic mass is 9.93. The zero-order valence-corrected chi connectivity index (χ0v) is 13.9. The van der Waals surface area contributed by atoms with Gasteiger partial charge in [-0.05, 0) is 19.3 Å². The summed E-state index contributed by atoms with van der Waals surface area (Å²) < 4.78 is 4.70. The molecule has 0 radical (unpaired) electrons. The minimum absolute atomic E-state index is 0.0978. The van der Waals surface area contributed by atoms with Crippen LogP contribution in [-0.2, 0) is 9.59 Å². The second-order valence-electron chi connectivity index (χ2n) is 6.20. The number of hydrogen-bond donors (Lipinski definition) is 1. The molecule has 0 atom stereocenters. The van der Waals surface area contributed by atoms with Gasteiger partial charge < -0.3 is 14.7 Å². The van der Waals surface area contributed by atoms with Crippen LogP contribution in [0.4, 0.5) is 5.82 Å². The van der Waals surface area contributed by atoms with Crippen molar-refractivity contribution in [1.29, 1.82) is 0 Å². The summed E-state index contributed by atoms with van der Waals surface area (Å²) in [6.07, 6.45) is 10.4. The van der Waals surface area contributed by atoms with E-state index in [-0.39, 0.29) is 24.4 Å². The number of nitrogens with zero attached hydrogens (tertiary/aromatic N) is 2. The molecule has 1 heterocycles. The number of rotatable bonds is 8. The number of amides is 2. The summed E-state index contributed by atoms with van der Waals surface area (Å²) in [5.41, 5.74) is 0. The van der Waals surface area contributed by atoms with E-state index in [1.807, 2.05) is 0 Å². The molecule has 1 fully saturated rings. The number of anilines is 1. The van der Waals surface area contributed by atoms with Crippen LogP contribution in [0.15, 0.2) is 16.9 Å². The van der Waals surface area contributed by atoms with E-state index in [4.69, 9.17) is 4.52 Å². The van der Waals surface area contributed by atoms with Crippen LogP contribution < -0.4 is 5.32 Å². The Bertz CT molecular complexity index is 481. The summed E-state index contributed by atoms with van der Waals surface area (Å²) in [7, 11) is 0. The fourth-order valence-electron chi connectivity index (χ4n) is 3.10. The smallest absolute Gasteiger partial charge is 0.245 e. The van der Waals surface area contributed by atoms with Crippen LogP contribution in [0, 0.1) is 0 Å². The largest absolute Gasteiger partial charge is 0.363 e. The van der Waals surface area contributed by atoms with Gasteiger partial charge in [0.25, 0.3) is 0 Å². The SMILES string of the molecule is CCCCCC(=O)N(CC(=O)Nc1ccon1)C1CCCCC1. The molecule has 23 heavy (non-hydrogen) atoms.